The van der Waals surface area contributed by atoms with E-state index in [0.29, 0.717) is 17.9 Å². The Balaban J connectivity index is 2.06. The average molecular weight is 392 g/mol. The highest BCUT2D eigenvalue weighted by Crippen LogP contribution is 2.32. The van der Waals surface area contributed by atoms with Crippen LogP contribution in [0.4, 0.5) is 10.1 Å². The molecule has 8 heteroatoms. The average Bonchev–Trinajstić information content (AvgIpc) is 3.04. The lowest BCUT2D eigenvalue weighted by Gasteiger charge is -2.14. The summed E-state index contributed by atoms with van der Waals surface area (Å²) in [6.45, 7) is 3.94. The Labute approximate surface area is 155 Å². The molecule has 0 spiro atoms. The number of hydrogen-bond donors (Lipinski definition) is 1. The van der Waals surface area contributed by atoms with Gasteiger partial charge < -0.3 is 4.74 Å². The molecule has 0 saturated carbocycles. The van der Waals surface area contributed by atoms with E-state index in [1.54, 1.807) is 25.1 Å². The van der Waals surface area contributed by atoms with Crippen LogP contribution in [0.25, 0.3) is 11.3 Å². The van der Waals surface area contributed by atoms with Crippen LogP contribution in [0.3, 0.4) is 0 Å². The van der Waals surface area contributed by atoms with Gasteiger partial charge in [0.1, 0.15) is 16.5 Å². The zero-order chi connectivity index (χ0) is 18.7. The number of thiazole rings is 1. The molecule has 5 nitrogen and oxygen atoms in total. The Morgan fingerprint density at radius 1 is 1.23 bits per heavy atom. The van der Waals surface area contributed by atoms with Gasteiger partial charge in [0.2, 0.25) is 0 Å². The molecule has 26 heavy (non-hydrogen) atoms. The van der Waals surface area contributed by atoms with E-state index in [4.69, 9.17) is 4.74 Å². The number of benzene rings is 2. The van der Waals surface area contributed by atoms with Gasteiger partial charge in [-0.3, -0.25) is 4.72 Å². The van der Waals surface area contributed by atoms with Crippen LogP contribution < -0.4 is 9.46 Å². The van der Waals surface area contributed by atoms with E-state index in [-0.39, 0.29) is 16.3 Å². The SMILES string of the molecule is CCOc1ccc(-c2csc(C)n2)cc1S(=O)(=O)Nc1ccccc1F. The van der Waals surface area contributed by atoms with Gasteiger partial charge in [0.05, 0.1) is 23.0 Å². The Morgan fingerprint density at radius 2 is 2.00 bits per heavy atom. The van der Waals surface area contributed by atoms with Crippen molar-refractivity contribution in [2.24, 2.45) is 0 Å². The number of nitrogens with zero attached hydrogens (tertiary/aromatic N) is 1. The van der Waals surface area contributed by atoms with Gasteiger partial charge in [-0.1, -0.05) is 12.1 Å². The molecule has 0 atom stereocenters. The minimum atomic E-state index is -4.05. The number of para-hydroxylation sites is 1. The molecule has 1 heterocycles. The van der Waals surface area contributed by atoms with Crippen molar-refractivity contribution in [3.8, 4) is 17.0 Å². The minimum absolute atomic E-state index is 0.0641. The van der Waals surface area contributed by atoms with E-state index in [1.807, 2.05) is 12.3 Å². The second kappa shape index (κ2) is 7.43. The van der Waals surface area contributed by atoms with Crippen molar-refractivity contribution in [2.45, 2.75) is 18.7 Å². The quantitative estimate of drug-likeness (QED) is 0.673. The largest absolute Gasteiger partial charge is 0.492 e. The summed E-state index contributed by atoms with van der Waals surface area (Å²) >= 11 is 1.47. The van der Waals surface area contributed by atoms with Gasteiger partial charge in [-0.05, 0) is 44.2 Å². The first-order valence-corrected chi connectivity index (χ1v) is 10.2. The molecule has 0 bridgehead atoms. The second-order valence-electron chi connectivity index (χ2n) is 5.43. The van der Waals surface area contributed by atoms with Crippen molar-refractivity contribution in [1.29, 1.82) is 0 Å². The van der Waals surface area contributed by atoms with Gasteiger partial charge >= 0.3 is 0 Å². The smallest absolute Gasteiger partial charge is 0.265 e. The number of sulfonamides is 1. The number of ether oxygens (including phenoxy) is 1. The van der Waals surface area contributed by atoms with Crippen molar-refractivity contribution in [3.63, 3.8) is 0 Å². The van der Waals surface area contributed by atoms with E-state index in [1.165, 1.54) is 35.6 Å². The number of anilines is 1. The molecule has 3 rings (SSSR count). The molecule has 0 fully saturated rings. The predicted octanol–water partition coefficient (Wildman–Crippen LogP) is 4.46. The number of hydrogen-bond acceptors (Lipinski definition) is 5. The molecule has 1 aromatic heterocycles. The van der Waals surface area contributed by atoms with E-state index in [2.05, 4.69) is 9.71 Å². The molecule has 1 N–H and O–H groups in total. The zero-order valence-electron chi connectivity index (χ0n) is 14.2. The summed E-state index contributed by atoms with van der Waals surface area (Å²) in [7, 11) is -4.05. The summed E-state index contributed by atoms with van der Waals surface area (Å²) in [5.41, 5.74) is 1.20. The first-order chi connectivity index (χ1) is 12.4. The minimum Gasteiger partial charge on any atom is -0.492 e. The van der Waals surface area contributed by atoms with Crippen LogP contribution >= 0.6 is 11.3 Å². The highest BCUT2D eigenvalue weighted by Gasteiger charge is 2.22. The zero-order valence-corrected chi connectivity index (χ0v) is 15.8. The topological polar surface area (TPSA) is 68.3 Å². The molecule has 136 valence electrons. The molecule has 0 aliphatic heterocycles. The molecule has 0 radical (unpaired) electrons. The van der Waals surface area contributed by atoms with Gasteiger partial charge in [0, 0.05) is 10.9 Å². The molecule has 0 amide bonds. The monoisotopic (exact) mass is 392 g/mol. The summed E-state index contributed by atoms with van der Waals surface area (Å²) < 4.78 is 47.3. The first kappa shape index (κ1) is 18.3. The summed E-state index contributed by atoms with van der Waals surface area (Å²) in [6.07, 6.45) is 0. The molecule has 0 unspecified atom stereocenters. The van der Waals surface area contributed by atoms with Crippen molar-refractivity contribution < 1.29 is 17.5 Å². The standard InChI is InChI=1S/C18H17FN2O3S2/c1-3-24-17-9-8-13(16-11-25-12(2)20-16)10-18(17)26(22,23)21-15-7-5-4-6-14(15)19/h4-11,21H,3H2,1-2H3. The number of aromatic nitrogens is 1. The Hall–Kier alpha value is -2.45. The number of rotatable bonds is 6. The molecule has 2 aromatic carbocycles. The lowest BCUT2D eigenvalue weighted by atomic mass is 10.2. The number of halogens is 1. The molecule has 3 aromatic rings. The summed E-state index contributed by atoms with van der Waals surface area (Å²) in [6, 6.07) is 10.4. The van der Waals surface area contributed by atoms with Crippen LogP contribution in [0.5, 0.6) is 5.75 Å². The van der Waals surface area contributed by atoms with Crippen molar-refractivity contribution in [3.05, 3.63) is 58.7 Å². The lowest BCUT2D eigenvalue weighted by molar-refractivity contribution is 0.331. The molecule has 0 aliphatic rings. The molecular weight excluding hydrogens is 375 g/mol. The molecule has 0 aliphatic carbocycles. The molecule has 0 saturated heterocycles. The normalized spacial score (nSPS) is 11.3. The highest BCUT2D eigenvalue weighted by molar-refractivity contribution is 7.92. The lowest BCUT2D eigenvalue weighted by Crippen LogP contribution is -2.15. The van der Waals surface area contributed by atoms with Gasteiger partial charge in [-0.2, -0.15) is 0 Å². The fourth-order valence-electron chi connectivity index (χ4n) is 2.39. The maximum absolute atomic E-state index is 13.9. The fourth-order valence-corrected chi connectivity index (χ4v) is 4.25. The van der Waals surface area contributed by atoms with Crippen molar-refractivity contribution in [2.75, 3.05) is 11.3 Å². The van der Waals surface area contributed by atoms with Crippen LogP contribution in [0.2, 0.25) is 0 Å². The van der Waals surface area contributed by atoms with Gasteiger partial charge in [0.15, 0.2) is 0 Å². The van der Waals surface area contributed by atoms with E-state index < -0.39 is 15.8 Å². The van der Waals surface area contributed by atoms with Crippen LogP contribution in [-0.2, 0) is 10.0 Å². The maximum atomic E-state index is 13.9. The van der Waals surface area contributed by atoms with Crippen LogP contribution in [0.15, 0.2) is 52.7 Å². The third-order valence-electron chi connectivity index (χ3n) is 3.57. The van der Waals surface area contributed by atoms with E-state index >= 15 is 0 Å². The van der Waals surface area contributed by atoms with Crippen LogP contribution in [0, 0.1) is 12.7 Å². The number of nitrogens with one attached hydrogen (secondary N) is 1. The Kier molecular flexibility index (Phi) is 5.24. The predicted molar refractivity (Wildman–Crippen MR) is 101 cm³/mol. The van der Waals surface area contributed by atoms with Gasteiger partial charge in [0.25, 0.3) is 10.0 Å². The highest BCUT2D eigenvalue weighted by atomic mass is 32.2. The van der Waals surface area contributed by atoms with Gasteiger partial charge in [-0.15, -0.1) is 11.3 Å². The van der Waals surface area contributed by atoms with Crippen LogP contribution in [-0.4, -0.2) is 20.0 Å². The van der Waals surface area contributed by atoms with Gasteiger partial charge in [-0.25, -0.2) is 17.8 Å². The Morgan fingerprint density at radius 3 is 2.65 bits per heavy atom. The maximum Gasteiger partial charge on any atom is 0.265 e. The fraction of sp³-hybridized carbons (Fsp3) is 0.167. The summed E-state index contributed by atoms with van der Waals surface area (Å²) in [4.78, 5) is 4.32. The van der Waals surface area contributed by atoms with Crippen molar-refractivity contribution in [1.82, 2.24) is 4.98 Å². The number of aryl methyl sites for hydroxylation is 1. The third kappa shape index (κ3) is 3.86. The summed E-state index contributed by atoms with van der Waals surface area (Å²) in [5, 5.41) is 2.73. The Bertz CT molecular complexity index is 1030. The van der Waals surface area contributed by atoms with Crippen LogP contribution in [0.1, 0.15) is 11.9 Å². The third-order valence-corrected chi connectivity index (χ3v) is 5.73. The van der Waals surface area contributed by atoms with Crippen molar-refractivity contribution >= 4 is 27.0 Å². The van der Waals surface area contributed by atoms with E-state index in [9.17, 15) is 12.8 Å². The second-order valence-corrected chi connectivity index (χ2v) is 8.14. The van der Waals surface area contributed by atoms with E-state index in [0.717, 1.165) is 5.01 Å². The molecular formula is C18H17FN2O3S2. The first-order valence-electron chi connectivity index (χ1n) is 7.87. The summed E-state index contributed by atoms with van der Waals surface area (Å²) in [5.74, 6) is -0.452.